The number of carbonyl (C=O) groups is 1. The van der Waals surface area contributed by atoms with Gasteiger partial charge < -0.3 is 4.90 Å². The lowest BCUT2D eigenvalue weighted by molar-refractivity contribution is 0.0992. The highest BCUT2D eigenvalue weighted by Crippen LogP contribution is 2.24. The number of rotatable bonds is 2. The van der Waals surface area contributed by atoms with E-state index in [1.54, 1.807) is 18.2 Å². The summed E-state index contributed by atoms with van der Waals surface area (Å²) in [7, 11) is 1.46. The van der Waals surface area contributed by atoms with E-state index in [0.29, 0.717) is 10.6 Å². The SMILES string of the molecule is Cc1ccc(Cl)c(C(=O)N(C)c2ccc(C#N)cc2F)c1. The van der Waals surface area contributed by atoms with Crippen molar-refractivity contribution in [3.05, 3.63) is 63.9 Å². The topological polar surface area (TPSA) is 44.1 Å². The Bertz CT molecular complexity index is 752. The van der Waals surface area contributed by atoms with Crippen LogP contribution >= 0.6 is 11.6 Å². The summed E-state index contributed by atoms with van der Waals surface area (Å²) in [6, 6.07) is 10.9. The molecule has 1 amide bonds. The summed E-state index contributed by atoms with van der Waals surface area (Å²) in [4.78, 5) is 13.6. The van der Waals surface area contributed by atoms with Crippen molar-refractivity contribution in [3.8, 4) is 6.07 Å². The zero-order valence-corrected chi connectivity index (χ0v) is 12.3. The van der Waals surface area contributed by atoms with E-state index in [9.17, 15) is 9.18 Å². The van der Waals surface area contributed by atoms with Crippen molar-refractivity contribution >= 4 is 23.2 Å². The lowest BCUT2D eigenvalue weighted by Gasteiger charge is -2.19. The molecule has 2 aromatic carbocycles. The molecule has 0 aliphatic carbocycles. The number of anilines is 1. The summed E-state index contributed by atoms with van der Waals surface area (Å²) in [5.74, 6) is -1.04. The maximum Gasteiger partial charge on any atom is 0.259 e. The minimum Gasteiger partial charge on any atom is -0.309 e. The van der Waals surface area contributed by atoms with Gasteiger partial charge in [-0.05, 0) is 37.3 Å². The van der Waals surface area contributed by atoms with Crippen molar-refractivity contribution in [1.82, 2.24) is 0 Å². The highest BCUT2D eigenvalue weighted by molar-refractivity contribution is 6.34. The first kappa shape index (κ1) is 15.0. The molecule has 0 bridgehead atoms. The van der Waals surface area contributed by atoms with E-state index in [1.807, 2.05) is 13.0 Å². The fourth-order valence-corrected chi connectivity index (χ4v) is 2.14. The van der Waals surface area contributed by atoms with Crippen LogP contribution in [0.5, 0.6) is 0 Å². The van der Waals surface area contributed by atoms with Gasteiger partial charge in [-0.2, -0.15) is 5.26 Å². The lowest BCUT2D eigenvalue weighted by Crippen LogP contribution is -2.27. The van der Waals surface area contributed by atoms with E-state index >= 15 is 0 Å². The van der Waals surface area contributed by atoms with Crippen molar-refractivity contribution in [2.75, 3.05) is 11.9 Å². The zero-order chi connectivity index (χ0) is 15.6. The lowest BCUT2D eigenvalue weighted by atomic mass is 10.1. The van der Waals surface area contributed by atoms with Gasteiger partial charge >= 0.3 is 0 Å². The molecule has 0 heterocycles. The monoisotopic (exact) mass is 302 g/mol. The average molecular weight is 303 g/mol. The van der Waals surface area contributed by atoms with Crippen molar-refractivity contribution in [2.24, 2.45) is 0 Å². The summed E-state index contributed by atoms with van der Waals surface area (Å²) >= 11 is 6.03. The van der Waals surface area contributed by atoms with Gasteiger partial charge in [0.15, 0.2) is 0 Å². The van der Waals surface area contributed by atoms with Gasteiger partial charge in [-0.25, -0.2) is 4.39 Å². The number of nitriles is 1. The van der Waals surface area contributed by atoms with Crippen LogP contribution in [0.1, 0.15) is 21.5 Å². The number of hydrogen-bond donors (Lipinski definition) is 0. The predicted molar refractivity (Wildman–Crippen MR) is 80.0 cm³/mol. The van der Waals surface area contributed by atoms with Gasteiger partial charge in [0, 0.05) is 7.05 Å². The minimum absolute atomic E-state index is 0.0940. The molecule has 106 valence electrons. The number of halogens is 2. The Labute approximate surface area is 127 Å². The van der Waals surface area contributed by atoms with Gasteiger partial charge in [-0.1, -0.05) is 23.2 Å². The summed E-state index contributed by atoms with van der Waals surface area (Å²) in [5, 5.41) is 9.04. The maximum atomic E-state index is 14.0. The Morgan fingerprint density at radius 1 is 1.29 bits per heavy atom. The first-order valence-electron chi connectivity index (χ1n) is 6.18. The Hall–Kier alpha value is -2.38. The van der Waals surface area contributed by atoms with Gasteiger partial charge in [0.1, 0.15) is 5.82 Å². The number of hydrogen-bond acceptors (Lipinski definition) is 2. The molecule has 0 N–H and O–H groups in total. The Kier molecular flexibility index (Phi) is 4.25. The molecule has 0 spiro atoms. The first-order valence-corrected chi connectivity index (χ1v) is 6.55. The molecule has 0 fully saturated rings. The number of carbonyl (C=O) groups excluding carboxylic acids is 1. The molecule has 3 nitrogen and oxygen atoms in total. The maximum absolute atomic E-state index is 14.0. The van der Waals surface area contributed by atoms with E-state index in [0.717, 1.165) is 11.6 Å². The molecule has 2 aromatic rings. The Balaban J connectivity index is 2.40. The van der Waals surface area contributed by atoms with Crippen LogP contribution in [0.15, 0.2) is 36.4 Å². The molecule has 0 unspecified atom stereocenters. The molecule has 0 saturated carbocycles. The van der Waals surface area contributed by atoms with Crippen molar-refractivity contribution < 1.29 is 9.18 Å². The van der Waals surface area contributed by atoms with Gasteiger partial charge in [0.2, 0.25) is 0 Å². The average Bonchev–Trinajstić information content (AvgIpc) is 2.48. The molecule has 5 heteroatoms. The quantitative estimate of drug-likeness (QED) is 0.843. The second kappa shape index (κ2) is 5.94. The molecule has 0 aromatic heterocycles. The van der Waals surface area contributed by atoms with Crippen molar-refractivity contribution in [2.45, 2.75) is 6.92 Å². The highest BCUT2D eigenvalue weighted by Gasteiger charge is 2.19. The molecule has 2 rings (SSSR count). The summed E-state index contributed by atoms with van der Waals surface area (Å²) in [6.07, 6.45) is 0. The normalized spacial score (nSPS) is 10.0. The first-order chi connectivity index (χ1) is 9.93. The van der Waals surface area contributed by atoms with Crippen LogP contribution in [-0.4, -0.2) is 13.0 Å². The number of aryl methyl sites for hydroxylation is 1. The van der Waals surface area contributed by atoms with Crippen LogP contribution in [-0.2, 0) is 0 Å². The molecule has 21 heavy (non-hydrogen) atoms. The molecular formula is C16H12ClFN2O. The third-order valence-corrected chi connectivity index (χ3v) is 3.42. The van der Waals surface area contributed by atoms with E-state index in [1.165, 1.54) is 24.1 Å². The molecule has 0 aliphatic heterocycles. The summed E-state index contributed by atoms with van der Waals surface area (Å²) < 4.78 is 14.0. The number of amides is 1. The van der Waals surface area contributed by atoms with Gasteiger partial charge in [0.05, 0.1) is 27.9 Å². The Morgan fingerprint density at radius 3 is 2.62 bits per heavy atom. The van der Waals surface area contributed by atoms with Crippen LogP contribution in [0.3, 0.4) is 0 Å². The summed E-state index contributed by atoms with van der Waals surface area (Å²) in [5.41, 5.74) is 1.49. The van der Waals surface area contributed by atoms with Crippen LogP contribution in [0.25, 0.3) is 0 Å². The third-order valence-electron chi connectivity index (χ3n) is 3.10. The second-order valence-corrected chi connectivity index (χ2v) is 5.03. The van der Waals surface area contributed by atoms with Crippen LogP contribution in [0, 0.1) is 24.1 Å². The van der Waals surface area contributed by atoms with E-state index in [-0.39, 0.29) is 11.3 Å². The van der Waals surface area contributed by atoms with Gasteiger partial charge in [-0.15, -0.1) is 0 Å². The number of benzene rings is 2. The smallest absolute Gasteiger partial charge is 0.259 e. The third kappa shape index (κ3) is 3.04. The molecule has 0 atom stereocenters. The van der Waals surface area contributed by atoms with Gasteiger partial charge in [-0.3, -0.25) is 4.79 Å². The largest absolute Gasteiger partial charge is 0.309 e. The second-order valence-electron chi connectivity index (χ2n) is 4.63. The van der Waals surface area contributed by atoms with Gasteiger partial charge in [0.25, 0.3) is 5.91 Å². The molecule has 0 radical (unpaired) electrons. The van der Waals surface area contributed by atoms with E-state index in [2.05, 4.69) is 0 Å². The van der Waals surface area contributed by atoms with E-state index < -0.39 is 11.7 Å². The number of nitrogens with zero attached hydrogens (tertiary/aromatic N) is 2. The fraction of sp³-hybridized carbons (Fsp3) is 0.125. The molecular weight excluding hydrogens is 291 g/mol. The standard InChI is InChI=1S/C16H12ClFN2O/c1-10-3-5-13(17)12(7-10)16(21)20(2)15-6-4-11(9-19)8-14(15)18/h3-8H,1-2H3. The Morgan fingerprint density at radius 2 is 2.00 bits per heavy atom. The zero-order valence-electron chi connectivity index (χ0n) is 11.5. The fourth-order valence-electron chi connectivity index (χ4n) is 1.94. The molecule has 0 aliphatic rings. The minimum atomic E-state index is -0.631. The van der Waals surface area contributed by atoms with Crippen LogP contribution < -0.4 is 4.90 Å². The van der Waals surface area contributed by atoms with Crippen molar-refractivity contribution in [3.63, 3.8) is 0 Å². The van der Waals surface area contributed by atoms with Crippen LogP contribution in [0.2, 0.25) is 5.02 Å². The summed E-state index contributed by atoms with van der Waals surface area (Å²) in [6.45, 7) is 1.84. The van der Waals surface area contributed by atoms with E-state index in [4.69, 9.17) is 16.9 Å². The highest BCUT2D eigenvalue weighted by atomic mass is 35.5. The molecule has 0 saturated heterocycles. The van der Waals surface area contributed by atoms with Crippen LogP contribution in [0.4, 0.5) is 10.1 Å². The van der Waals surface area contributed by atoms with Crippen molar-refractivity contribution in [1.29, 1.82) is 5.26 Å². The predicted octanol–water partition coefficient (Wildman–Crippen LogP) is 3.94.